The molecule has 0 N–H and O–H groups in total. The maximum Gasteiger partial charge on any atom is 0.123 e. The molecular formula is C4H5Cl2NO. The standard InChI is InChI=1S/C4H5Cl2NO/c5-4(6)1-3(4)2-7-8/h3H,1-2H2/t3-/m1/s1. The van der Waals surface area contributed by atoms with Crippen LogP contribution < -0.4 is 0 Å². The molecule has 1 rings (SSSR count). The Balaban J connectivity index is 2.26. The van der Waals surface area contributed by atoms with Crippen LogP contribution in [0.3, 0.4) is 0 Å². The molecule has 0 radical (unpaired) electrons. The van der Waals surface area contributed by atoms with Gasteiger partial charge in [-0.1, -0.05) is 5.18 Å². The highest BCUT2D eigenvalue weighted by Crippen LogP contribution is 2.53. The van der Waals surface area contributed by atoms with Crippen molar-refractivity contribution in [1.29, 1.82) is 0 Å². The van der Waals surface area contributed by atoms with Crippen molar-refractivity contribution in [2.45, 2.75) is 10.8 Å². The summed E-state index contributed by atoms with van der Waals surface area (Å²) in [5.74, 6) is 0.114. The minimum absolute atomic E-state index is 0.114. The SMILES string of the molecule is O=NC[C@H]1CC1(Cl)Cl. The molecule has 0 unspecified atom stereocenters. The summed E-state index contributed by atoms with van der Waals surface area (Å²) in [5, 5.41) is 2.67. The van der Waals surface area contributed by atoms with Crippen LogP contribution in [0.2, 0.25) is 0 Å². The van der Waals surface area contributed by atoms with Gasteiger partial charge in [0.1, 0.15) is 4.33 Å². The predicted molar refractivity (Wildman–Crippen MR) is 33.2 cm³/mol. The van der Waals surface area contributed by atoms with Crippen LogP contribution in [0, 0.1) is 10.8 Å². The molecule has 0 bridgehead atoms. The second-order valence-electron chi connectivity index (χ2n) is 1.97. The van der Waals surface area contributed by atoms with Crippen molar-refractivity contribution in [3.05, 3.63) is 4.91 Å². The van der Waals surface area contributed by atoms with E-state index in [-0.39, 0.29) is 12.5 Å². The lowest BCUT2D eigenvalue weighted by Crippen LogP contribution is -1.92. The van der Waals surface area contributed by atoms with Crippen molar-refractivity contribution in [3.8, 4) is 0 Å². The van der Waals surface area contributed by atoms with E-state index in [9.17, 15) is 4.91 Å². The van der Waals surface area contributed by atoms with Gasteiger partial charge in [0.05, 0.1) is 6.54 Å². The van der Waals surface area contributed by atoms with E-state index in [4.69, 9.17) is 23.2 Å². The van der Waals surface area contributed by atoms with Gasteiger partial charge in [-0.05, 0) is 6.42 Å². The molecule has 2 nitrogen and oxygen atoms in total. The quantitative estimate of drug-likeness (QED) is 0.441. The average Bonchev–Trinajstić information content (AvgIpc) is 2.15. The van der Waals surface area contributed by atoms with Crippen molar-refractivity contribution >= 4 is 23.2 Å². The van der Waals surface area contributed by atoms with Crippen LogP contribution in [0.1, 0.15) is 6.42 Å². The van der Waals surface area contributed by atoms with E-state index in [0.29, 0.717) is 6.42 Å². The lowest BCUT2D eigenvalue weighted by atomic mass is 10.4. The van der Waals surface area contributed by atoms with Gasteiger partial charge in [0.25, 0.3) is 0 Å². The molecule has 0 aromatic heterocycles. The first kappa shape index (κ1) is 6.30. The van der Waals surface area contributed by atoms with Crippen molar-refractivity contribution < 1.29 is 0 Å². The van der Waals surface area contributed by atoms with E-state index in [1.165, 1.54) is 0 Å². The number of hydrogen-bond acceptors (Lipinski definition) is 2. The summed E-state index contributed by atoms with van der Waals surface area (Å²) in [5.41, 5.74) is 0. The van der Waals surface area contributed by atoms with E-state index < -0.39 is 4.33 Å². The molecule has 1 saturated carbocycles. The van der Waals surface area contributed by atoms with Crippen molar-refractivity contribution in [3.63, 3.8) is 0 Å². The van der Waals surface area contributed by atoms with Gasteiger partial charge in [-0.2, -0.15) is 4.91 Å². The molecule has 1 fully saturated rings. The highest BCUT2D eigenvalue weighted by molar-refractivity contribution is 6.50. The van der Waals surface area contributed by atoms with Crippen LogP contribution in [-0.2, 0) is 0 Å². The molecule has 0 spiro atoms. The van der Waals surface area contributed by atoms with Crippen LogP contribution in [0.5, 0.6) is 0 Å². The van der Waals surface area contributed by atoms with Gasteiger partial charge in [-0.15, -0.1) is 23.2 Å². The molecule has 4 heteroatoms. The third-order valence-electron chi connectivity index (χ3n) is 1.25. The lowest BCUT2D eigenvalue weighted by Gasteiger charge is -1.89. The van der Waals surface area contributed by atoms with Gasteiger partial charge < -0.3 is 0 Å². The fraction of sp³-hybridized carbons (Fsp3) is 1.00. The van der Waals surface area contributed by atoms with E-state index in [1.807, 2.05) is 0 Å². The molecule has 0 aromatic carbocycles. The first-order valence-corrected chi connectivity index (χ1v) is 3.09. The number of hydrogen-bond donors (Lipinski definition) is 0. The van der Waals surface area contributed by atoms with Crippen LogP contribution in [0.4, 0.5) is 0 Å². The molecule has 0 amide bonds. The van der Waals surface area contributed by atoms with E-state index in [0.717, 1.165) is 0 Å². The normalized spacial score (nSPS) is 32.0. The molecule has 0 saturated heterocycles. The largest absolute Gasteiger partial charge is 0.151 e. The summed E-state index contributed by atoms with van der Waals surface area (Å²) >= 11 is 11.1. The molecule has 1 atom stereocenters. The maximum atomic E-state index is 9.58. The molecule has 46 valence electrons. The zero-order valence-corrected chi connectivity index (χ0v) is 5.61. The Morgan fingerprint density at radius 2 is 2.25 bits per heavy atom. The average molecular weight is 154 g/mol. The Morgan fingerprint density at radius 3 is 2.38 bits per heavy atom. The van der Waals surface area contributed by atoms with Crippen LogP contribution >= 0.6 is 23.2 Å². The molecule has 0 aromatic rings. The van der Waals surface area contributed by atoms with Gasteiger partial charge in [0.15, 0.2) is 0 Å². The number of rotatable bonds is 2. The van der Waals surface area contributed by atoms with Gasteiger partial charge in [-0.3, -0.25) is 0 Å². The summed E-state index contributed by atoms with van der Waals surface area (Å²) < 4.78 is -0.631. The Hall–Kier alpha value is 0.180. The molecule has 0 aliphatic heterocycles. The number of nitroso groups, excluding NO2 is 1. The lowest BCUT2D eigenvalue weighted by molar-refractivity contribution is 0.831. The summed E-state index contributed by atoms with van der Waals surface area (Å²) in [4.78, 5) is 9.58. The summed E-state index contributed by atoms with van der Waals surface area (Å²) in [6.45, 7) is 0.257. The summed E-state index contributed by atoms with van der Waals surface area (Å²) in [6, 6.07) is 0. The Morgan fingerprint density at radius 1 is 1.75 bits per heavy atom. The number of nitrogens with zero attached hydrogens (tertiary/aromatic N) is 1. The fourth-order valence-corrected chi connectivity index (χ4v) is 1.07. The van der Waals surface area contributed by atoms with Gasteiger partial charge in [0, 0.05) is 5.92 Å². The smallest absolute Gasteiger partial charge is 0.123 e. The Labute approximate surface area is 57.1 Å². The van der Waals surface area contributed by atoms with Gasteiger partial charge in [-0.25, -0.2) is 0 Å². The fourth-order valence-electron chi connectivity index (χ4n) is 0.558. The minimum atomic E-state index is -0.631. The van der Waals surface area contributed by atoms with Gasteiger partial charge >= 0.3 is 0 Å². The highest BCUT2D eigenvalue weighted by Gasteiger charge is 2.51. The second kappa shape index (κ2) is 1.85. The minimum Gasteiger partial charge on any atom is -0.151 e. The van der Waals surface area contributed by atoms with E-state index >= 15 is 0 Å². The first-order valence-electron chi connectivity index (χ1n) is 2.34. The molecule has 1 aliphatic carbocycles. The number of alkyl halides is 2. The van der Waals surface area contributed by atoms with Gasteiger partial charge in [0.2, 0.25) is 0 Å². The summed E-state index contributed by atoms with van der Waals surface area (Å²) in [7, 11) is 0. The Bertz CT molecular complexity index is 115. The van der Waals surface area contributed by atoms with Crippen LogP contribution in [0.25, 0.3) is 0 Å². The van der Waals surface area contributed by atoms with E-state index in [1.54, 1.807) is 0 Å². The van der Waals surface area contributed by atoms with Crippen molar-refractivity contribution in [2.24, 2.45) is 11.1 Å². The van der Waals surface area contributed by atoms with E-state index in [2.05, 4.69) is 5.18 Å². The molecular weight excluding hydrogens is 149 g/mol. The van der Waals surface area contributed by atoms with Crippen molar-refractivity contribution in [2.75, 3.05) is 6.54 Å². The first-order chi connectivity index (χ1) is 3.67. The molecule has 8 heavy (non-hydrogen) atoms. The highest BCUT2D eigenvalue weighted by atomic mass is 35.5. The molecule has 1 aliphatic rings. The predicted octanol–water partition coefficient (Wildman–Crippen LogP) is 1.95. The second-order valence-corrected chi connectivity index (χ2v) is 3.52. The topological polar surface area (TPSA) is 29.4 Å². The maximum absolute atomic E-state index is 9.58. The van der Waals surface area contributed by atoms with Crippen LogP contribution in [-0.4, -0.2) is 10.9 Å². The zero-order valence-electron chi connectivity index (χ0n) is 4.10. The zero-order chi connectivity index (χ0) is 6.20. The molecule has 0 heterocycles. The summed E-state index contributed by atoms with van der Waals surface area (Å²) in [6.07, 6.45) is 0.710. The Kier molecular flexibility index (Phi) is 1.46. The third-order valence-corrected chi connectivity index (χ3v) is 2.18. The monoisotopic (exact) mass is 153 g/mol. The third kappa shape index (κ3) is 1.12. The number of halogens is 2. The van der Waals surface area contributed by atoms with Crippen LogP contribution in [0.15, 0.2) is 5.18 Å². The van der Waals surface area contributed by atoms with Crippen molar-refractivity contribution in [1.82, 2.24) is 0 Å².